The van der Waals surface area contributed by atoms with Crippen molar-refractivity contribution in [2.24, 2.45) is 0 Å². The highest BCUT2D eigenvalue weighted by atomic mass is 16.5. The SMILES string of the molecule is Nc1nc(N)c(N)c(OCCO)n1. The predicted molar refractivity (Wildman–Crippen MR) is 47.8 cm³/mol. The standard InChI is InChI=1S/C6H11N5O2/c7-3-4(8)10-6(9)11-5(3)13-2-1-12/h12H,1-2,7H2,(H4,8,9,10,11). The van der Waals surface area contributed by atoms with Crippen molar-refractivity contribution >= 4 is 17.5 Å². The summed E-state index contributed by atoms with van der Waals surface area (Å²) in [6.07, 6.45) is 0. The van der Waals surface area contributed by atoms with Crippen LogP contribution in [-0.4, -0.2) is 28.3 Å². The monoisotopic (exact) mass is 185 g/mol. The summed E-state index contributed by atoms with van der Waals surface area (Å²) in [7, 11) is 0. The minimum atomic E-state index is -0.136. The molecule has 1 aromatic rings. The number of ether oxygens (including phenoxy) is 1. The Balaban J connectivity index is 2.92. The van der Waals surface area contributed by atoms with Crippen LogP contribution in [0, 0.1) is 0 Å². The Kier molecular flexibility index (Phi) is 2.70. The molecule has 0 atom stereocenters. The Morgan fingerprint density at radius 2 is 1.92 bits per heavy atom. The molecule has 0 aliphatic heterocycles. The van der Waals surface area contributed by atoms with Crippen molar-refractivity contribution in [2.45, 2.75) is 0 Å². The van der Waals surface area contributed by atoms with Gasteiger partial charge in [-0.15, -0.1) is 0 Å². The van der Waals surface area contributed by atoms with Gasteiger partial charge in [-0.3, -0.25) is 0 Å². The third-order valence-electron chi connectivity index (χ3n) is 1.29. The number of hydrogen-bond donors (Lipinski definition) is 4. The molecule has 0 saturated carbocycles. The average Bonchev–Trinajstić information content (AvgIpc) is 2.09. The number of aromatic nitrogens is 2. The second kappa shape index (κ2) is 3.76. The molecule has 72 valence electrons. The molecular formula is C6H11N5O2. The number of nitrogen functional groups attached to an aromatic ring is 3. The van der Waals surface area contributed by atoms with Crippen molar-refractivity contribution in [3.05, 3.63) is 0 Å². The first-order valence-corrected chi connectivity index (χ1v) is 3.57. The second-order valence-electron chi connectivity index (χ2n) is 2.26. The van der Waals surface area contributed by atoms with Gasteiger partial charge in [0.05, 0.1) is 6.61 Å². The van der Waals surface area contributed by atoms with Gasteiger partial charge in [0.15, 0.2) is 5.82 Å². The van der Waals surface area contributed by atoms with Crippen LogP contribution in [0.2, 0.25) is 0 Å². The smallest absolute Gasteiger partial charge is 0.244 e. The van der Waals surface area contributed by atoms with E-state index in [0.717, 1.165) is 0 Å². The summed E-state index contributed by atoms with van der Waals surface area (Å²) in [5, 5.41) is 8.49. The Morgan fingerprint density at radius 1 is 1.23 bits per heavy atom. The first-order chi connectivity index (χ1) is 6.15. The third-order valence-corrected chi connectivity index (χ3v) is 1.29. The zero-order valence-electron chi connectivity index (χ0n) is 6.90. The van der Waals surface area contributed by atoms with Gasteiger partial charge in [-0.25, -0.2) is 0 Å². The lowest BCUT2D eigenvalue weighted by Gasteiger charge is -2.07. The molecule has 7 nitrogen and oxygen atoms in total. The normalized spacial score (nSPS) is 9.92. The van der Waals surface area contributed by atoms with E-state index >= 15 is 0 Å². The molecule has 0 aromatic carbocycles. The maximum Gasteiger partial charge on any atom is 0.244 e. The van der Waals surface area contributed by atoms with E-state index in [2.05, 4.69) is 9.97 Å². The molecular weight excluding hydrogens is 174 g/mol. The molecule has 1 aromatic heterocycles. The van der Waals surface area contributed by atoms with E-state index < -0.39 is 0 Å². The van der Waals surface area contributed by atoms with E-state index in [0.29, 0.717) is 0 Å². The first-order valence-electron chi connectivity index (χ1n) is 3.57. The molecule has 0 aliphatic rings. The quantitative estimate of drug-likeness (QED) is 0.454. The largest absolute Gasteiger partial charge is 0.474 e. The van der Waals surface area contributed by atoms with Gasteiger partial charge < -0.3 is 27.0 Å². The van der Waals surface area contributed by atoms with Gasteiger partial charge in [0.25, 0.3) is 0 Å². The van der Waals surface area contributed by atoms with E-state index in [1.54, 1.807) is 0 Å². The number of hydrogen-bond acceptors (Lipinski definition) is 7. The Morgan fingerprint density at radius 3 is 2.54 bits per heavy atom. The fourth-order valence-electron chi connectivity index (χ4n) is 0.735. The fraction of sp³-hybridized carbons (Fsp3) is 0.333. The number of aliphatic hydroxyl groups is 1. The van der Waals surface area contributed by atoms with Crippen molar-refractivity contribution in [1.82, 2.24) is 9.97 Å². The Labute approximate surface area is 74.5 Å². The van der Waals surface area contributed by atoms with Crippen molar-refractivity contribution < 1.29 is 9.84 Å². The van der Waals surface area contributed by atoms with E-state index in [4.69, 9.17) is 27.0 Å². The number of nitrogens with two attached hydrogens (primary N) is 3. The lowest BCUT2D eigenvalue weighted by molar-refractivity contribution is 0.197. The predicted octanol–water partition coefficient (Wildman–Crippen LogP) is -1.41. The summed E-state index contributed by atoms with van der Waals surface area (Å²) in [5.41, 5.74) is 16.3. The van der Waals surface area contributed by atoms with Gasteiger partial charge in [-0.05, 0) is 0 Å². The van der Waals surface area contributed by atoms with Crippen molar-refractivity contribution in [3.8, 4) is 5.88 Å². The third kappa shape index (κ3) is 2.09. The Hall–Kier alpha value is -1.76. The highest BCUT2D eigenvalue weighted by molar-refractivity contribution is 5.65. The molecule has 0 bridgehead atoms. The molecule has 0 saturated heterocycles. The van der Waals surface area contributed by atoms with Crippen molar-refractivity contribution in [1.29, 1.82) is 0 Å². The van der Waals surface area contributed by atoms with Gasteiger partial charge in [0.2, 0.25) is 11.8 Å². The van der Waals surface area contributed by atoms with Crippen LogP contribution >= 0.6 is 0 Å². The maximum absolute atomic E-state index is 8.49. The van der Waals surface area contributed by atoms with Crippen LogP contribution in [0.25, 0.3) is 0 Å². The molecule has 0 radical (unpaired) electrons. The van der Waals surface area contributed by atoms with Crippen LogP contribution in [0.4, 0.5) is 17.5 Å². The fourth-order valence-corrected chi connectivity index (χ4v) is 0.735. The van der Waals surface area contributed by atoms with E-state index in [1.807, 2.05) is 0 Å². The van der Waals surface area contributed by atoms with Gasteiger partial charge in [-0.2, -0.15) is 9.97 Å². The molecule has 0 unspecified atom stereocenters. The van der Waals surface area contributed by atoms with Crippen LogP contribution in [0.5, 0.6) is 5.88 Å². The van der Waals surface area contributed by atoms with E-state index in [9.17, 15) is 0 Å². The summed E-state index contributed by atoms with van der Waals surface area (Å²) in [5.74, 6) is 0.152. The molecule has 0 aliphatic carbocycles. The highest BCUT2D eigenvalue weighted by Gasteiger charge is 2.08. The number of rotatable bonds is 3. The van der Waals surface area contributed by atoms with Crippen LogP contribution in [0.1, 0.15) is 0 Å². The van der Waals surface area contributed by atoms with Gasteiger partial charge in [0, 0.05) is 0 Å². The van der Waals surface area contributed by atoms with Gasteiger partial charge in [0.1, 0.15) is 12.3 Å². The maximum atomic E-state index is 8.49. The van der Waals surface area contributed by atoms with Crippen LogP contribution in [0.3, 0.4) is 0 Å². The van der Waals surface area contributed by atoms with E-state index in [-0.39, 0.29) is 36.5 Å². The minimum absolute atomic E-state index is 0.0142. The molecule has 7 N–H and O–H groups in total. The topological polar surface area (TPSA) is 133 Å². The summed E-state index contributed by atoms with van der Waals surface area (Å²) < 4.78 is 4.96. The summed E-state index contributed by atoms with van der Waals surface area (Å²) in [6.45, 7) is -0.0522. The van der Waals surface area contributed by atoms with Gasteiger partial charge >= 0.3 is 0 Å². The number of anilines is 3. The lowest BCUT2D eigenvalue weighted by atomic mass is 10.5. The van der Waals surface area contributed by atoms with Crippen molar-refractivity contribution in [2.75, 3.05) is 30.4 Å². The molecule has 1 heterocycles. The van der Waals surface area contributed by atoms with Crippen LogP contribution in [-0.2, 0) is 0 Å². The minimum Gasteiger partial charge on any atom is -0.474 e. The highest BCUT2D eigenvalue weighted by Crippen LogP contribution is 2.23. The first kappa shape index (κ1) is 9.33. The molecule has 7 heteroatoms. The van der Waals surface area contributed by atoms with Gasteiger partial charge in [-0.1, -0.05) is 0 Å². The summed E-state index contributed by atoms with van der Waals surface area (Å²) in [6, 6.07) is 0. The molecule has 0 spiro atoms. The molecule has 13 heavy (non-hydrogen) atoms. The van der Waals surface area contributed by atoms with Crippen LogP contribution in [0.15, 0.2) is 0 Å². The number of aliphatic hydroxyl groups excluding tert-OH is 1. The lowest BCUT2D eigenvalue weighted by Crippen LogP contribution is -2.10. The van der Waals surface area contributed by atoms with Crippen LogP contribution < -0.4 is 21.9 Å². The Bertz CT molecular complexity index is 303. The zero-order valence-corrected chi connectivity index (χ0v) is 6.90. The molecule has 0 fully saturated rings. The summed E-state index contributed by atoms with van der Waals surface area (Å²) >= 11 is 0. The molecule has 1 rings (SSSR count). The summed E-state index contributed by atoms with van der Waals surface area (Å²) in [4.78, 5) is 7.32. The zero-order chi connectivity index (χ0) is 9.84. The second-order valence-corrected chi connectivity index (χ2v) is 2.26. The number of nitrogens with zero attached hydrogens (tertiary/aromatic N) is 2. The molecule has 0 amide bonds. The van der Waals surface area contributed by atoms with E-state index in [1.165, 1.54) is 0 Å². The average molecular weight is 185 g/mol. The van der Waals surface area contributed by atoms with Crippen molar-refractivity contribution in [3.63, 3.8) is 0 Å².